The summed E-state index contributed by atoms with van der Waals surface area (Å²) < 4.78 is 0. The maximum absolute atomic E-state index is 2.62. The van der Waals surface area contributed by atoms with Crippen molar-refractivity contribution in [3.05, 3.63) is 12.2 Å². The second kappa shape index (κ2) is 2.52. The molecule has 0 unspecified atom stereocenters. The van der Waals surface area contributed by atoms with Gasteiger partial charge in [0.15, 0.2) is 0 Å². The molecule has 2 fully saturated rings. The Morgan fingerprint density at radius 3 is 2.60 bits per heavy atom. The van der Waals surface area contributed by atoms with Crippen molar-refractivity contribution in [1.29, 1.82) is 0 Å². The van der Waals surface area contributed by atoms with Crippen molar-refractivity contribution in [2.24, 2.45) is 28.1 Å². The average molecular weight is 204 g/mol. The summed E-state index contributed by atoms with van der Waals surface area (Å²) in [7, 11) is 0. The molecule has 0 saturated heterocycles. The van der Waals surface area contributed by atoms with E-state index in [9.17, 15) is 0 Å². The van der Waals surface area contributed by atoms with Crippen molar-refractivity contribution in [1.82, 2.24) is 0 Å². The van der Waals surface area contributed by atoms with Gasteiger partial charge < -0.3 is 0 Å². The van der Waals surface area contributed by atoms with Gasteiger partial charge in [-0.25, -0.2) is 0 Å². The second-order valence-electron chi connectivity index (χ2n) is 7.30. The zero-order chi connectivity index (χ0) is 10.9. The lowest BCUT2D eigenvalue weighted by Crippen LogP contribution is -2.36. The summed E-state index contributed by atoms with van der Waals surface area (Å²) in [4.78, 5) is 0. The van der Waals surface area contributed by atoms with Gasteiger partial charge >= 0.3 is 0 Å². The molecule has 3 aliphatic rings. The predicted octanol–water partition coefficient (Wildman–Crippen LogP) is 4.42. The molecule has 0 radical (unpaired) electrons. The fraction of sp³-hybridized carbons (Fsp3) is 0.867. The maximum Gasteiger partial charge on any atom is -0.000243 e. The lowest BCUT2D eigenvalue weighted by molar-refractivity contribution is 0.0942. The first-order valence-corrected chi connectivity index (χ1v) is 6.60. The predicted molar refractivity (Wildman–Crippen MR) is 64.6 cm³/mol. The van der Waals surface area contributed by atoms with Crippen molar-refractivity contribution in [2.75, 3.05) is 0 Å². The van der Waals surface area contributed by atoms with Crippen LogP contribution >= 0.6 is 0 Å². The molecular weight excluding hydrogens is 180 g/mol. The van der Waals surface area contributed by atoms with Crippen LogP contribution in [0, 0.1) is 28.1 Å². The Labute approximate surface area is 94.1 Å². The van der Waals surface area contributed by atoms with Crippen LogP contribution in [-0.2, 0) is 0 Å². The van der Waals surface area contributed by atoms with Gasteiger partial charge in [-0.05, 0) is 53.8 Å². The molecule has 0 aromatic rings. The van der Waals surface area contributed by atoms with Gasteiger partial charge in [0.25, 0.3) is 0 Å². The summed E-state index contributed by atoms with van der Waals surface area (Å²) >= 11 is 0. The number of hydrogen-bond acceptors (Lipinski definition) is 0. The molecule has 4 atom stereocenters. The highest BCUT2D eigenvalue weighted by Gasteiger charge is 2.67. The minimum absolute atomic E-state index is 0.566. The SMILES string of the molecule is C[C@@H]1CC[C@H]2C(C)(C)C[C@]3(C)CC=C[C@]123. The first-order chi connectivity index (χ1) is 6.92. The number of hydrogen-bond donors (Lipinski definition) is 0. The van der Waals surface area contributed by atoms with Crippen molar-refractivity contribution in [3.63, 3.8) is 0 Å². The van der Waals surface area contributed by atoms with Gasteiger partial charge in [-0.3, -0.25) is 0 Å². The molecule has 3 aliphatic carbocycles. The van der Waals surface area contributed by atoms with Crippen LogP contribution in [0.1, 0.15) is 53.4 Å². The third kappa shape index (κ3) is 0.905. The van der Waals surface area contributed by atoms with E-state index in [1.165, 1.54) is 25.7 Å². The minimum Gasteiger partial charge on any atom is -0.0874 e. The van der Waals surface area contributed by atoms with Crippen LogP contribution in [0.25, 0.3) is 0 Å². The summed E-state index contributed by atoms with van der Waals surface area (Å²) in [6.45, 7) is 10.1. The van der Waals surface area contributed by atoms with E-state index >= 15 is 0 Å². The normalized spacial score (nSPS) is 55.7. The van der Waals surface area contributed by atoms with E-state index in [-0.39, 0.29) is 0 Å². The minimum atomic E-state index is 0.566. The molecule has 2 saturated carbocycles. The van der Waals surface area contributed by atoms with Gasteiger partial charge in [-0.1, -0.05) is 39.8 Å². The largest absolute Gasteiger partial charge is 0.0874 e. The Hall–Kier alpha value is -0.260. The zero-order valence-electron chi connectivity index (χ0n) is 10.6. The third-order valence-electron chi connectivity index (χ3n) is 6.08. The number of allylic oxidation sites excluding steroid dienone is 2. The topological polar surface area (TPSA) is 0 Å². The van der Waals surface area contributed by atoms with Crippen molar-refractivity contribution >= 4 is 0 Å². The molecule has 0 amide bonds. The van der Waals surface area contributed by atoms with Crippen LogP contribution in [0.4, 0.5) is 0 Å². The van der Waals surface area contributed by atoms with Gasteiger partial charge in [0, 0.05) is 0 Å². The fourth-order valence-corrected chi connectivity index (χ4v) is 5.82. The van der Waals surface area contributed by atoms with Crippen LogP contribution in [0.2, 0.25) is 0 Å². The smallest absolute Gasteiger partial charge is 0.000243 e. The molecule has 0 bridgehead atoms. The molecule has 15 heavy (non-hydrogen) atoms. The van der Waals surface area contributed by atoms with E-state index in [1.54, 1.807) is 0 Å². The molecule has 1 spiro atoms. The zero-order valence-corrected chi connectivity index (χ0v) is 10.6. The molecule has 0 N–H and O–H groups in total. The molecular formula is C15H24. The summed E-state index contributed by atoms with van der Waals surface area (Å²) in [6, 6.07) is 0. The van der Waals surface area contributed by atoms with Gasteiger partial charge in [0.2, 0.25) is 0 Å². The van der Waals surface area contributed by atoms with Crippen molar-refractivity contribution in [2.45, 2.75) is 53.4 Å². The molecule has 0 aromatic carbocycles. The Morgan fingerprint density at radius 1 is 1.13 bits per heavy atom. The molecule has 3 rings (SSSR count). The molecule has 0 aliphatic heterocycles. The molecule has 84 valence electrons. The quantitative estimate of drug-likeness (QED) is 0.513. The van der Waals surface area contributed by atoms with E-state index in [0.717, 1.165) is 11.8 Å². The van der Waals surface area contributed by atoms with Gasteiger partial charge in [-0.15, -0.1) is 0 Å². The Bertz CT molecular complexity index is 325. The average Bonchev–Trinajstić information content (AvgIpc) is 2.62. The van der Waals surface area contributed by atoms with Crippen LogP contribution in [-0.4, -0.2) is 0 Å². The van der Waals surface area contributed by atoms with Crippen LogP contribution in [0.3, 0.4) is 0 Å². The first kappa shape index (κ1) is 9.93. The molecule has 0 heteroatoms. The third-order valence-corrected chi connectivity index (χ3v) is 6.08. The van der Waals surface area contributed by atoms with Gasteiger partial charge in [0.05, 0.1) is 0 Å². The van der Waals surface area contributed by atoms with Gasteiger partial charge in [0.1, 0.15) is 0 Å². The monoisotopic (exact) mass is 204 g/mol. The molecule has 0 aromatic heterocycles. The molecule has 0 heterocycles. The molecule has 0 nitrogen and oxygen atoms in total. The van der Waals surface area contributed by atoms with E-state index in [1.807, 2.05) is 0 Å². The summed E-state index contributed by atoms with van der Waals surface area (Å²) in [5.41, 5.74) is 1.72. The second-order valence-corrected chi connectivity index (χ2v) is 7.30. The van der Waals surface area contributed by atoms with Crippen LogP contribution in [0.5, 0.6) is 0 Å². The number of rotatable bonds is 0. The lowest BCUT2D eigenvalue weighted by atomic mass is 9.62. The Balaban J connectivity index is 2.16. The highest BCUT2D eigenvalue weighted by Crippen LogP contribution is 2.75. The summed E-state index contributed by atoms with van der Waals surface area (Å²) in [6.07, 6.45) is 10.8. The Kier molecular flexibility index (Phi) is 1.67. The maximum atomic E-state index is 2.62. The van der Waals surface area contributed by atoms with E-state index in [2.05, 4.69) is 39.8 Å². The first-order valence-electron chi connectivity index (χ1n) is 6.60. The van der Waals surface area contributed by atoms with E-state index < -0.39 is 0 Å². The fourth-order valence-electron chi connectivity index (χ4n) is 5.82. The highest BCUT2D eigenvalue weighted by molar-refractivity contribution is 5.28. The van der Waals surface area contributed by atoms with Crippen molar-refractivity contribution in [3.8, 4) is 0 Å². The standard InChI is InChI=1S/C15H24/c1-11-6-7-12-13(2,3)10-14(4)8-5-9-15(11,12)14/h5,9,11-12H,6-8,10H2,1-4H3/t11-,12+,14+,15+/m1/s1. The van der Waals surface area contributed by atoms with E-state index in [0.29, 0.717) is 16.2 Å². The summed E-state index contributed by atoms with van der Waals surface area (Å²) in [5, 5.41) is 0. The van der Waals surface area contributed by atoms with Crippen molar-refractivity contribution < 1.29 is 0 Å². The Morgan fingerprint density at radius 2 is 1.87 bits per heavy atom. The van der Waals surface area contributed by atoms with Crippen LogP contribution < -0.4 is 0 Å². The lowest BCUT2D eigenvalue weighted by Gasteiger charge is -2.41. The van der Waals surface area contributed by atoms with Crippen LogP contribution in [0.15, 0.2) is 12.2 Å². The van der Waals surface area contributed by atoms with Gasteiger partial charge in [-0.2, -0.15) is 0 Å². The summed E-state index contributed by atoms with van der Waals surface area (Å²) in [5.74, 6) is 1.86. The van der Waals surface area contributed by atoms with E-state index in [4.69, 9.17) is 0 Å². The highest BCUT2D eigenvalue weighted by atomic mass is 14.7.